The molecule has 0 aliphatic rings. The van der Waals surface area contributed by atoms with Crippen molar-refractivity contribution in [1.29, 1.82) is 0 Å². The van der Waals surface area contributed by atoms with Crippen LogP contribution in [0.25, 0.3) is 0 Å². The second-order valence-corrected chi connectivity index (χ2v) is 6.38. The molecular weight excluding hydrogens is 280 g/mol. The van der Waals surface area contributed by atoms with Crippen molar-refractivity contribution in [2.75, 3.05) is 0 Å². The SMILES string of the molecule is C=CC[C@@H](CCc1ccccc1)O[C@@H](c1ccccc1)C(C)C. The smallest absolute Gasteiger partial charge is 0.0851 e. The fourth-order valence-electron chi connectivity index (χ4n) is 2.87. The van der Waals surface area contributed by atoms with E-state index in [0.29, 0.717) is 5.92 Å². The minimum Gasteiger partial charge on any atom is -0.370 e. The summed E-state index contributed by atoms with van der Waals surface area (Å²) in [7, 11) is 0. The van der Waals surface area contributed by atoms with Crippen LogP contribution in [0.5, 0.6) is 0 Å². The number of hydrogen-bond donors (Lipinski definition) is 0. The molecule has 2 aromatic rings. The molecule has 0 saturated carbocycles. The first kappa shape index (κ1) is 17.5. The van der Waals surface area contributed by atoms with Crippen molar-refractivity contribution < 1.29 is 4.74 Å². The lowest BCUT2D eigenvalue weighted by Crippen LogP contribution is -2.21. The van der Waals surface area contributed by atoms with Crippen LogP contribution in [-0.4, -0.2) is 6.10 Å². The van der Waals surface area contributed by atoms with E-state index in [4.69, 9.17) is 4.74 Å². The average Bonchev–Trinajstić information content (AvgIpc) is 2.58. The summed E-state index contributed by atoms with van der Waals surface area (Å²) < 4.78 is 6.49. The summed E-state index contributed by atoms with van der Waals surface area (Å²) in [6, 6.07) is 21.2. The molecule has 2 aromatic carbocycles. The Bertz CT molecular complexity index is 559. The van der Waals surface area contributed by atoms with E-state index in [2.05, 4.69) is 81.1 Å². The van der Waals surface area contributed by atoms with Gasteiger partial charge in [-0.1, -0.05) is 80.6 Å². The summed E-state index contributed by atoms with van der Waals surface area (Å²) in [5.41, 5.74) is 2.63. The number of ether oxygens (including phenoxy) is 1. The molecule has 0 aliphatic carbocycles. The molecule has 1 nitrogen and oxygen atoms in total. The third kappa shape index (κ3) is 5.69. The van der Waals surface area contributed by atoms with Gasteiger partial charge in [-0.05, 0) is 36.3 Å². The molecule has 2 atom stereocenters. The molecular formula is C22H28O. The van der Waals surface area contributed by atoms with Crippen molar-refractivity contribution in [1.82, 2.24) is 0 Å². The lowest BCUT2D eigenvalue weighted by atomic mass is 9.97. The highest BCUT2D eigenvalue weighted by Gasteiger charge is 2.20. The van der Waals surface area contributed by atoms with Gasteiger partial charge in [-0.25, -0.2) is 0 Å². The first-order chi connectivity index (χ1) is 11.2. The van der Waals surface area contributed by atoms with Crippen LogP contribution >= 0.6 is 0 Å². The summed E-state index contributed by atoms with van der Waals surface area (Å²) in [5.74, 6) is 0.446. The molecule has 0 heterocycles. The molecule has 0 aliphatic heterocycles. The van der Waals surface area contributed by atoms with Crippen LogP contribution < -0.4 is 0 Å². The maximum atomic E-state index is 6.49. The van der Waals surface area contributed by atoms with Gasteiger partial charge in [0.1, 0.15) is 0 Å². The van der Waals surface area contributed by atoms with Gasteiger partial charge in [0.15, 0.2) is 0 Å². The predicted molar refractivity (Wildman–Crippen MR) is 98.5 cm³/mol. The van der Waals surface area contributed by atoms with E-state index in [0.717, 1.165) is 19.3 Å². The Kier molecular flexibility index (Phi) is 7.09. The normalized spacial score (nSPS) is 13.7. The highest BCUT2D eigenvalue weighted by Crippen LogP contribution is 2.29. The zero-order chi connectivity index (χ0) is 16.5. The second kappa shape index (κ2) is 9.32. The Hall–Kier alpha value is -1.86. The van der Waals surface area contributed by atoms with E-state index < -0.39 is 0 Å². The minimum absolute atomic E-state index is 0.136. The van der Waals surface area contributed by atoms with E-state index in [1.165, 1.54) is 11.1 Å². The van der Waals surface area contributed by atoms with Crippen LogP contribution in [0.4, 0.5) is 0 Å². The first-order valence-corrected chi connectivity index (χ1v) is 8.56. The van der Waals surface area contributed by atoms with Crippen LogP contribution in [0.1, 0.15) is 43.9 Å². The van der Waals surface area contributed by atoms with Crippen LogP contribution in [-0.2, 0) is 11.2 Å². The lowest BCUT2D eigenvalue weighted by Gasteiger charge is -2.27. The number of hydrogen-bond acceptors (Lipinski definition) is 1. The first-order valence-electron chi connectivity index (χ1n) is 8.56. The maximum absolute atomic E-state index is 6.49. The van der Waals surface area contributed by atoms with Gasteiger partial charge < -0.3 is 4.74 Å². The Morgan fingerprint density at radius 1 is 0.957 bits per heavy atom. The third-order valence-electron chi connectivity index (χ3n) is 4.10. The molecule has 122 valence electrons. The summed E-state index contributed by atoms with van der Waals surface area (Å²) in [4.78, 5) is 0. The summed E-state index contributed by atoms with van der Waals surface area (Å²) in [6.07, 6.45) is 5.27. The van der Waals surface area contributed by atoms with Crippen LogP contribution in [0.2, 0.25) is 0 Å². The molecule has 0 bridgehead atoms. The van der Waals surface area contributed by atoms with Crippen LogP contribution in [0.3, 0.4) is 0 Å². The van der Waals surface area contributed by atoms with Gasteiger partial charge in [0.05, 0.1) is 12.2 Å². The van der Waals surface area contributed by atoms with Crippen LogP contribution in [0, 0.1) is 5.92 Å². The van der Waals surface area contributed by atoms with Gasteiger partial charge in [-0.2, -0.15) is 0 Å². The van der Waals surface area contributed by atoms with Gasteiger partial charge in [0.2, 0.25) is 0 Å². The topological polar surface area (TPSA) is 9.23 Å². The Morgan fingerprint density at radius 2 is 1.57 bits per heavy atom. The average molecular weight is 308 g/mol. The van der Waals surface area contributed by atoms with Crippen molar-refractivity contribution in [3.05, 3.63) is 84.4 Å². The van der Waals surface area contributed by atoms with Crippen molar-refractivity contribution in [3.63, 3.8) is 0 Å². The second-order valence-electron chi connectivity index (χ2n) is 6.38. The molecule has 0 amide bonds. The molecule has 23 heavy (non-hydrogen) atoms. The molecule has 0 spiro atoms. The van der Waals surface area contributed by atoms with E-state index in [1.807, 2.05) is 6.08 Å². The van der Waals surface area contributed by atoms with Gasteiger partial charge in [0, 0.05) is 0 Å². The van der Waals surface area contributed by atoms with Gasteiger partial charge >= 0.3 is 0 Å². The Balaban J connectivity index is 2.02. The zero-order valence-corrected chi connectivity index (χ0v) is 14.3. The largest absolute Gasteiger partial charge is 0.370 e. The van der Waals surface area contributed by atoms with E-state index in [-0.39, 0.29) is 12.2 Å². The van der Waals surface area contributed by atoms with Crippen molar-refractivity contribution in [2.24, 2.45) is 5.92 Å². The maximum Gasteiger partial charge on any atom is 0.0851 e. The number of aryl methyl sites for hydroxylation is 1. The van der Waals surface area contributed by atoms with Gasteiger partial charge in [-0.3, -0.25) is 0 Å². The quantitative estimate of drug-likeness (QED) is 0.518. The molecule has 0 unspecified atom stereocenters. The van der Waals surface area contributed by atoms with E-state index >= 15 is 0 Å². The van der Waals surface area contributed by atoms with Crippen molar-refractivity contribution >= 4 is 0 Å². The molecule has 0 N–H and O–H groups in total. The minimum atomic E-state index is 0.136. The molecule has 0 saturated heterocycles. The Labute approximate surface area is 141 Å². The monoisotopic (exact) mass is 308 g/mol. The predicted octanol–water partition coefficient (Wildman–Crippen LogP) is 5.98. The third-order valence-corrected chi connectivity index (χ3v) is 4.10. The summed E-state index contributed by atoms with van der Waals surface area (Å²) in [6.45, 7) is 8.34. The lowest BCUT2D eigenvalue weighted by molar-refractivity contribution is -0.0396. The van der Waals surface area contributed by atoms with E-state index in [9.17, 15) is 0 Å². The fourth-order valence-corrected chi connectivity index (χ4v) is 2.87. The van der Waals surface area contributed by atoms with Crippen LogP contribution in [0.15, 0.2) is 73.3 Å². The van der Waals surface area contributed by atoms with Crippen molar-refractivity contribution in [3.8, 4) is 0 Å². The van der Waals surface area contributed by atoms with Crippen molar-refractivity contribution in [2.45, 2.75) is 45.3 Å². The van der Waals surface area contributed by atoms with Gasteiger partial charge in [-0.15, -0.1) is 6.58 Å². The zero-order valence-electron chi connectivity index (χ0n) is 14.3. The highest BCUT2D eigenvalue weighted by atomic mass is 16.5. The molecule has 2 rings (SSSR count). The fraction of sp³-hybridized carbons (Fsp3) is 0.364. The molecule has 0 fully saturated rings. The standard InChI is InChI=1S/C22H28O/c1-4-11-21(17-16-19-12-7-5-8-13-19)23-22(18(2)3)20-14-9-6-10-15-20/h4-10,12-15,18,21-22H,1,11,16-17H2,2-3H3/t21-,22+/m0/s1. The molecule has 0 aromatic heterocycles. The molecule has 1 heteroatoms. The summed E-state index contributed by atoms with van der Waals surface area (Å²) >= 11 is 0. The Morgan fingerprint density at radius 3 is 2.13 bits per heavy atom. The number of rotatable bonds is 9. The molecule has 0 radical (unpaired) electrons. The summed E-state index contributed by atoms with van der Waals surface area (Å²) in [5, 5.41) is 0. The highest BCUT2D eigenvalue weighted by molar-refractivity contribution is 5.18. The number of benzene rings is 2. The van der Waals surface area contributed by atoms with E-state index in [1.54, 1.807) is 0 Å². The van der Waals surface area contributed by atoms with Gasteiger partial charge in [0.25, 0.3) is 0 Å².